The molecule has 1 fully saturated rings. The Morgan fingerprint density at radius 3 is 2.40 bits per heavy atom. The van der Waals surface area contributed by atoms with Crippen LogP contribution in [0.25, 0.3) is 0 Å². The first-order chi connectivity index (χ1) is 11.3. The number of amides is 1. The zero-order valence-corrected chi connectivity index (χ0v) is 15.4. The van der Waals surface area contributed by atoms with Crippen molar-refractivity contribution in [2.45, 2.75) is 63.3 Å². The van der Waals surface area contributed by atoms with Gasteiger partial charge >= 0.3 is 12.3 Å². The minimum atomic E-state index is -4.18. The summed E-state index contributed by atoms with van der Waals surface area (Å²) in [5.41, 5.74) is 0.576. The lowest BCUT2D eigenvalue weighted by Gasteiger charge is -2.36. The molecule has 1 N–H and O–H groups in total. The monoisotopic (exact) mass is 360 g/mol. The summed E-state index contributed by atoms with van der Waals surface area (Å²) in [6.45, 7) is 5.44. The van der Waals surface area contributed by atoms with Gasteiger partial charge < -0.3 is 9.47 Å². The van der Waals surface area contributed by atoms with Crippen molar-refractivity contribution in [2.24, 2.45) is 5.41 Å². The number of carbonyl (C=O) groups is 1. The third-order valence-electron chi connectivity index (χ3n) is 4.88. The minimum absolute atomic E-state index is 0.162. The first-order valence-corrected chi connectivity index (χ1v) is 8.43. The van der Waals surface area contributed by atoms with E-state index in [1.807, 2.05) is 0 Å². The van der Waals surface area contributed by atoms with Crippen molar-refractivity contribution >= 4 is 21.8 Å². The summed E-state index contributed by atoms with van der Waals surface area (Å²) in [5, 5.41) is 0.275. The van der Waals surface area contributed by atoms with Crippen LogP contribution in [0, 0.1) is 5.41 Å². The molecular formula is C15H25B2F3N2O3. The van der Waals surface area contributed by atoms with Gasteiger partial charge in [0.1, 0.15) is 27.5 Å². The molecule has 140 valence electrons. The molecule has 0 aromatic rings. The molecule has 0 bridgehead atoms. The lowest BCUT2D eigenvalue weighted by atomic mass is 9.45. The maximum absolute atomic E-state index is 13.3. The Balaban J connectivity index is 1.79. The number of hydrazine groups is 1. The zero-order valence-electron chi connectivity index (χ0n) is 15.4. The van der Waals surface area contributed by atoms with Crippen LogP contribution in [-0.4, -0.2) is 51.4 Å². The Kier molecular flexibility index (Phi) is 5.27. The Morgan fingerprint density at radius 2 is 1.92 bits per heavy atom. The molecule has 0 aromatic heterocycles. The maximum atomic E-state index is 13.3. The van der Waals surface area contributed by atoms with E-state index in [1.54, 1.807) is 42.5 Å². The highest BCUT2D eigenvalue weighted by Crippen LogP contribution is 2.69. The van der Waals surface area contributed by atoms with Gasteiger partial charge in [-0.15, -0.1) is 0 Å². The summed E-state index contributed by atoms with van der Waals surface area (Å²) in [6, 6.07) is 0. The predicted octanol–water partition coefficient (Wildman–Crippen LogP) is 1.71. The van der Waals surface area contributed by atoms with E-state index in [2.05, 4.69) is 5.43 Å². The van der Waals surface area contributed by atoms with Crippen molar-refractivity contribution in [1.82, 2.24) is 10.4 Å². The van der Waals surface area contributed by atoms with Crippen LogP contribution >= 0.6 is 0 Å². The van der Waals surface area contributed by atoms with Gasteiger partial charge in [-0.05, 0) is 46.1 Å². The molecule has 1 heterocycles. The minimum Gasteiger partial charge on any atom is -0.442 e. The summed E-state index contributed by atoms with van der Waals surface area (Å²) < 4.78 is 50.6. The Labute approximate surface area is 148 Å². The van der Waals surface area contributed by atoms with Gasteiger partial charge in [0, 0.05) is 12.8 Å². The molecule has 1 saturated carbocycles. The zero-order chi connectivity index (χ0) is 19.1. The molecule has 1 aliphatic carbocycles. The summed E-state index contributed by atoms with van der Waals surface area (Å²) >= 11 is 0. The van der Waals surface area contributed by atoms with Crippen LogP contribution < -0.4 is 5.43 Å². The lowest BCUT2D eigenvalue weighted by Crippen LogP contribution is -2.44. The summed E-state index contributed by atoms with van der Waals surface area (Å²) in [4.78, 5) is 11.9. The van der Waals surface area contributed by atoms with Gasteiger partial charge in [-0.1, -0.05) is 5.21 Å². The third-order valence-corrected chi connectivity index (χ3v) is 4.88. The Morgan fingerprint density at radius 1 is 1.32 bits per heavy atom. The number of nitrogens with zero attached hydrogens (tertiary/aromatic N) is 1. The van der Waals surface area contributed by atoms with Crippen LogP contribution in [0.15, 0.2) is 12.3 Å². The molecule has 2 aliphatic rings. The predicted molar refractivity (Wildman–Crippen MR) is 92.2 cm³/mol. The van der Waals surface area contributed by atoms with Crippen molar-refractivity contribution in [1.29, 1.82) is 0 Å². The molecule has 1 atom stereocenters. The van der Waals surface area contributed by atoms with Crippen molar-refractivity contribution in [3.05, 3.63) is 12.3 Å². The number of carbonyl (C=O) groups excluding carboxylic acids is 1. The van der Waals surface area contributed by atoms with Crippen LogP contribution in [0.3, 0.4) is 0 Å². The quantitative estimate of drug-likeness (QED) is 0.759. The maximum Gasteiger partial charge on any atom is 0.429 e. The van der Waals surface area contributed by atoms with Gasteiger partial charge in [0.15, 0.2) is 0 Å². The number of nitrogens with one attached hydrogen (secondary N) is 1. The molecule has 5 nitrogen and oxygen atoms in total. The fourth-order valence-corrected chi connectivity index (χ4v) is 3.05. The summed E-state index contributed by atoms with van der Waals surface area (Å²) in [6.07, 6.45) is -1.57. The van der Waals surface area contributed by atoms with Gasteiger partial charge in [0.05, 0.1) is 5.41 Å². The molecule has 0 aromatic carbocycles. The molecule has 0 radical (unpaired) electrons. The van der Waals surface area contributed by atoms with E-state index < -0.39 is 34.7 Å². The van der Waals surface area contributed by atoms with Crippen molar-refractivity contribution in [2.75, 3.05) is 6.61 Å². The molecule has 1 unspecified atom stereocenters. The van der Waals surface area contributed by atoms with Gasteiger partial charge in [-0.25, -0.2) is 9.80 Å². The SMILES string of the molecule is BC(B)(CCOC1C=CN(C(=O)OC(C)(C)C)N1)C1(C(F)(F)F)CC1. The van der Waals surface area contributed by atoms with E-state index in [0.29, 0.717) is 0 Å². The highest BCUT2D eigenvalue weighted by molar-refractivity contribution is 6.40. The molecule has 0 spiro atoms. The standard InChI is InChI=1S/C15H25B2F3N2O3/c1-12(2,3)25-11(23)22-8-4-10(21-22)24-9-7-14(16,17)13(5-6-13)15(18,19)20/h4,8,10,21H,5-7,9,16-17H2,1-3H3. The number of hydrogen-bond acceptors (Lipinski definition) is 4. The normalized spacial score (nSPS) is 23.0. The van der Waals surface area contributed by atoms with Crippen LogP contribution in [0.2, 0.25) is 5.21 Å². The van der Waals surface area contributed by atoms with Gasteiger partial charge in [0.25, 0.3) is 0 Å². The molecule has 25 heavy (non-hydrogen) atoms. The first kappa shape index (κ1) is 20.2. The number of hydrogen-bond donors (Lipinski definition) is 1. The first-order valence-electron chi connectivity index (χ1n) is 8.43. The number of halogens is 3. The van der Waals surface area contributed by atoms with Crippen LogP contribution in [0.1, 0.15) is 40.0 Å². The number of alkyl halides is 3. The fraction of sp³-hybridized carbons (Fsp3) is 0.800. The molecule has 2 rings (SSSR count). The van der Waals surface area contributed by atoms with Crippen molar-refractivity contribution in [3.63, 3.8) is 0 Å². The van der Waals surface area contributed by atoms with Crippen molar-refractivity contribution in [3.8, 4) is 0 Å². The van der Waals surface area contributed by atoms with E-state index in [-0.39, 0.29) is 25.9 Å². The Hall–Kier alpha value is -1.15. The van der Waals surface area contributed by atoms with E-state index in [9.17, 15) is 18.0 Å². The highest BCUT2D eigenvalue weighted by Gasteiger charge is 2.69. The average molecular weight is 360 g/mol. The second-order valence-corrected chi connectivity index (χ2v) is 8.33. The van der Waals surface area contributed by atoms with E-state index in [0.717, 1.165) is 0 Å². The van der Waals surface area contributed by atoms with Crippen LogP contribution in [0.4, 0.5) is 18.0 Å². The van der Waals surface area contributed by atoms with E-state index >= 15 is 0 Å². The smallest absolute Gasteiger partial charge is 0.429 e. The Bertz CT molecular complexity index is 543. The van der Waals surface area contributed by atoms with Crippen molar-refractivity contribution < 1.29 is 27.4 Å². The van der Waals surface area contributed by atoms with Gasteiger partial charge in [-0.3, -0.25) is 0 Å². The second-order valence-electron chi connectivity index (χ2n) is 8.33. The highest BCUT2D eigenvalue weighted by atomic mass is 19.4. The van der Waals surface area contributed by atoms with Crippen LogP contribution in [-0.2, 0) is 9.47 Å². The topological polar surface area (TPSA) is 50.8 Å². The molecule has 1 aliphatic heterocycles. The fourth-order valence-electron chi connectivity index (χ4n) is 3.05. The van der Waals surface area contributed by atoms with E-state index in [1.165, 1.54) is 11.2 Å². The molecular weight excluding hydrogens is 335 g/mol. The van der Waals surface area contributed by atoms with Crippen LogP contribution in [0.5, 0.6) is 0 Å². The number of rotatable bonds is 5. The summed E-state index contributed by atoms with van der Waals surface area (Å²) in [5.74, 6) is 0. The average Bonchev–Trinajstić information content (AvgIpc) is 3.12. The molecule has 1 amide bonds. The lowest BCUT2D eigenvalue weighted by molar-refractivity contribution is -0.193. The second kappa shape index (κ2) is 6.54. The van der Waals surface area contributed by atoms with Gasteiger partial charge in [0.2, 0.25) is 0 Å². The summed E-state index contributed by atoms with van der Waals surface area (Å²) in [7, 11) is 3.28. The molecule has 0 saturated heterocycles. The largest absolute Gasteiger partial charge is 0.442 e. The van der Waals surface area contributed by atoms with E-state index in [4.69, 9.17) is 9.47 Å². The van der Waals surface area contributed by atoms with Gasteiger partial charge in [-0.2, -0.15) is 18.6 Å². The number of ether oxygens (including phenoxy) is 2. The molecule has 10 heteroatoms. The third kappa shape index (κ3) is 4.53.